The van der Waals surface area contributed by atoms with Crippen molar-refractivity contribution in [1.29, 1.82) is 0 Å². The van der Waals surface area contributed by atoms with Crippen LogP contribution in [0, 0.1) is 0 Å². The van der Waals surface area contributed by atoms with Gasteiger partial charge in [0.1, 0.15) is 13.1 Å². The highest BCUT2D eigenvalue weighted by Gasteiger charge is 2.10. The van der Waals surface area contributed by atoms with Gasteiger partial charge in [0.25, 0.3) is 0 Å². The largest absolute Gasteiger partial charge is 1.00 e. The number of anilines is 1. The molecule has 0 aromatic heterocycles. The standard InChI is InChI=1S/C12H17N3S.ClH/c1-2-16-11-6-4-3-5-10(11)15-9-12-13-7-8-14-12;/h3-6,15H,2,7-9H2,1H3,(H,13,14);1H. The van der Waals surface area contributed by atoms with Gasteiger partial charge in [0, 0.05) is 10.6 Å². The molecule has 3 N–H and O–H groups in total. The highest BCUT2D eigenvalue weighted by atomic mass is 35.5. The lowest BCUT2D eigenvalue weighted by molar-refractivity contribution is -0.528. The van der Waals surface area contributed by atoms with Gasteiger partial charge in [-0.05, 0) is 17.9 Å². The van der Waals surface area contributed by atoms with Gasteiger partial charge >= 0.3 is 0 Å². The van der Waals surface area contributed by atoms with E-state index in [-0.39, 0.29) is 12.4 Å². The molecule has 1 heterocycles. The smallest absolute Gasteiger partial charge is 0.214 e. The highest BCUT2D eigenvalue weighted by Crippen LogP contribution is 2.26. The molecule has 2 rings (SSSR count). The fourth-order valence-corrected chi connectivity index (χ4v) is 2.49. The lowest BCUT2D eigenvalue weighted by Crippen LogP contribution is -3.00. The molecule has 0 bridgehead atoms. The summed E-state index contributed by atoms with van der Waals surface area (Å²) in [6, 6.07) is 8.45. The molecule has 0 amide bonds. The molecule has 1 aromatic carbocycles. The van der Waals surface area contributed by atoms with Crippen molar-refractivity contribution in [2.45, 2.75) is 11.8 Å². The van der Waals surface area contributed by atoms with Gasteiger partial charge in [0.05, 0.1) is 6.54 Å². The van der Waals surface area contributed by atoms with Gasteiger partial charge in [-0.25, -0.2) is 4.99 Å². The summed E-state index contributed by atoms with van der Waals surface area (Å²) in [4.78, 5) is 5.74. The molecule has 0 unspecified atom stereocenters. The predicted octanol–water partition coefficient (Wildman–Crippen LogP) is -1.81. The van der Waals surface area contributed by atoms with E-state index < -0.39 is 0 Å². The van der Waals surface area contributed by atoms with Crippen molar-refractivity contribution in [2.24, 2.45) is 4.99 Å². The van der Waals surface area contributed by atoms with Crippen LogP contribution in [0.2, 0.25) is 0 Å². The van der Waals surface area contributed by atoms with Crippen LogP contribution in [-0.2, 0) is 0 Å². The molecule has 1 aromatic rings. The summed E-state index contributed by atoms with van der Waals surface area (Å²) >= 11 is 1.87. The fraction of sp³-hybridized carbons (Fsp3) is 0.417. The quantitative estimate of drug-likeness (QED) is 0.620. The summed E-state index contributed by atoms with van der Waals surface area (Å²) in [6.07, 6.45) is 0. The van der Waals surface area contributed by atoms with Gasteiger partial charge in [-0.3, -0.25) is 5.32 Å². The number of quaternary nitrogens is 1. The molecule has 0 fully saturated rings. The molecule has 0 atom stereocenters. The van der Waals surface area contributed by atoms with Crippen LogP contribution in [0.5, 0.6) is 0 Å². The maximum absolute atomic E-state index is 4.42. The molecule has 17 heavy (non-hydrogen) atoms. The zero-order valence-corrected chi connectivity index (χ0v) is 11.5. The Balaban J connectivity index is 0.00000144. The Hall–Kier alpha value is -0.710. The van der Waals surface area contributed by atoms with Crippen LogP contribution in [-0.4, -0.2) is 31.2 Å². The summed E-state index contributed by atoms with van der Waals surface area (Å²) in [5, 5.41) is 5.67. The molecule has 94 valence electrons. The van der Waals surface area contributed by atoms with Crippen molar-refractivity contribution < 1.29 is 17.7 Å². The Labute approximate surface area is 113 Å². The topological polar surface area (TPSA) is 41.0 Å². The summed E-state index contributed by atoms with van der Waals surface area (Å²) in [7, 11) is 0. The minimum Gasteiger partial charge on any atom is -1.00 e. The fourth-order valence-electron chi connectivity index (χ4n) is 1.71. The third-order valence-corrected chi connectivity index (χ3v) is 3.43. The molecule has 5 heteroatoms. The molecule has 1 aliphatic rings. The second-order valence-electron chi connectivity index (χ2n) is 3.65. The van der Waals surface area contributed by atoms with Crippen molar-refractivity contribution in [3.05, 3.63) is 24.3 Å². The van der Waals surface area contributed by atoms with Crippen LogP contribution in [0.4, 0.5) is 5.69 Å². The van der Waals surface area contributed by atoms with Crippen molar-refractivity contribution in [3.63, 3.8) is 0 Å². The van der Waals surface area contributed by atoms with Crippen LogP contribution < -0.4 is 23.0 Å². The minimum atomic E-state index is 0. The van der Waals surface area contributed by atoms with E-state index in [1.807, 2.05) is 11.8 Å². The second-order valence-corrected chi connectivity index (χ2v) is 4.95. The van der Waals surface area contributed by atoms with E-state index in [1.54, 1.807) is 0 Å². The van der Waals surface area contributed by atoms with Gasteiger partial charge < -0.3 is 17.7 Å². The van der Waals surface area contributed by atoms with Gasteiger partial charge in [-0.15, -0.1) is 11.8 Å². The van der Waals surface area contributed by atoms with Crippen LogP contribution in [0.25, 0.3) is 0 Å². The first-order chi connectivity index (χ1) is 7.90. The molecule has 0 saturated heterocycles. The van der Waals surface area contributed by atoms with Crippen LogP contribution >= 0.6 is 11.8 Å². The molecule has 0 aliphatic carbocycles. The van der Waals surface area contributed by atoms with E-state index in [0.29, 0.717) is 0 Å². The Bertz CT molecular complexity index is 382. The Morgan fingerprint density at radius 3 is 2.94 bits per heavy atom. The molecule has 0 radical (unpaired) electrons. The van der Waals surface area contributed by atoms with Gasteiger partial charge in [-0.1, -0.05) is 19.1 Å². The van der Waals surface area contributed by atoms with Crippen molar-refractivity contribution >= 4 is 23.3 Å². The van der Waals surface area contributed by atoms with Crippen LogP contribution in [0.3, 0.4) is 0 Å². The third kappa shape index (κ3) is 4.22. The number of aliphatic imine (C=N–C) groups is 1. The normalized spacial score (nSPS) is 14.1. The minimum absolute atomic E-state index is 0. The van der Waals surface area contributed by atoms with E-state index in [4.69, 9.17) is 0 Å². The molecule has 1 aliphatic heterocycles. The number of benzene rings is 1. The maximum atomic E-state index is 4.42. The van der Waals surface area contributed by atoms with E-state index in [1.165, 1.54) is 16.4 Å². The first-order valence-electron chi connectivity index (χ1n) is 5.72. The van der Waals surface area contributed by atoms with E-state index in [2.05, 4.69) is 46.8 Å². The molecular weight excluding hydrogens is 254 g/mol. The number of hydrogen-bond donors (Lipinski definition) is 2. The number of para-hydroxylation sites is 1. The summed E-state index contributed by atoms with van der Waals surface area (Å²) in [6.45, 7) is 5.09. The molecule has 0 spiro atoms. The lowest BCUT2D eigenvalue weighted by Gasteiger charge is -2.09. The average molecular weight is 272 g/mol. The molecular formula is C12H18ClN3S. The van der Waals surface area contributed by atoms with Gasteiger partial charge in [0.15, 0.2) is 0 Å². The summed E-state index contributed by atoms with van der Waals surface area (Å²) in [5.41, 5.74) is 1.22. The third-order valence-electron chi connectivity index (χ3n) is 2.47. The van der Waals surface area contributed by atoms with E-state index in [9.17, 15) is 0 Å². The van der Waals surface area contributed by atoms with Gasteiger partial charge in [-0.2, -0.15) is 0 Å². The Kier molecular flexibility index (Phi) is 6.40. The van der Waals surface area contributed by atoms with Crippen molar-refractivity contribution in [3.8, 4) is 0 Å². The van der Waals surface area contributed by atoms with Crippen LogP contribution in [0.15, 0.2) is 34.2 Å². The Morgan fingerprint density at radius 2 is 2.24 bits per heavy atom. The van der Waals surface area contributed by atoms with Crippen LogP contribution in [0.1, 0.15) is 6.92 Å². The average Bonchev–Trinajstić information content (AvgIpc) is 2.81. The number of hydrogen-bond acceptors (Lipinski definition) is 3. The van der Waals surface area contributed by atoms with E-state index >= 15 is 0 Å². The number of nitrogens with two attached hydrogens (primary N) is 1. The number of amidine groups is 1. The van der Waals surface area contributed by atoms with E-state index in [0.717, 1.165) is 25.4 Å². The van der Waals surface area contributed by atoms with Crippen molar-refractivity contribution in [1.82, 2.24) is 0 Å². The highest BCUT2D eigenvalue weighted by molar-refractivity contribution is 7.99. The maximum Gasteiger partial charge on any atom is 0.214 e. The summed E-state index contributed by atoms with van der Waals surface area (Å²) < 4.78 is 0. The predicted molar refractivity (Wildman–Crippen MR) is 70.4 cm³/mol. The number of rotatable bonds is 5. The number of halogens is 1. The molecule has 0 saturated carbocycles. The lowest BCUT2D eigenvalue weighted by atomic mass is 10.3. The zero-order valence-electron chi connectivity index (χ0n) is 9.95. The van der Waals surface area contributed by atoms with Crippen molar-refractivity contribution in [2.75, 3.05) is 30.7 Å². The number of nitrogens with one attached hydrogen (secondary N) is 1. The first kappa shape index (κ1) is 14.4. The summed E-state index contributed by atoms with van der Waals surface area (Å²) in [5.74, 6) is 2.29. The van der Waals surface area contributed by atoms with Gasteiger partial charge in [0.2, 0.25) is 5.84 Å². The Morgan fingerprint density at radius 1 is 1.41 bits per heavy atom. The zero-order chi connectivity index (χ0) is 11.2. The molecule has 3 nitrogen and oxygen atoms in total. The first-order valence-corrected chi connectivity index (χ1v) is 6.71. The number of nitrogens with zero attached hydrogens (tertiary/aromatic N) is 1. The second kappa shape index (κ2) is 7.58. The SMILES string of the molecule is CCSc1ccccc1NCC1=NCC[NH2+]1.[Cl-]. The number of thioether (sulfide) groups is 1. The monoisotopic (exact) mass is 271 g/mol.